The van der Waals surface area contributed by atoms with Crippen molar-refractivity contribution >= 4 is 23.2 Å². The van der Waals surface area contributed by atoms with Crippen molar-refractivity contribution in [3.05, 3.63) is 44.8 Å². The van der Waals surface area contributed by atoms with Gasteiger partial charge in [0.15, 0.2) is 5.69 Å². The molecule has 19 heavy (non-hydrogen) atoms. The second-order valence-electron chi connectivity index (χ2n) is 3.75. The van der Waals surface area contributed by atoms with Crippen LogP contribution in [0, 0.1) is 22.9 Å². The number of aryl methyl sites for hydroxylation is 1. The van der Waals surface area contributed by atoms with Gasteiger partial charge in [-0.2, -0.15) is 0 Å². The molecule has 1 aromatic carbocycles. The number of benzene rings is 1. The highest BCUT2D eigenvalue weighted by Crippen LogP contribution is 2.32. The van der Waals surface area contributed by atoms with Crippen LogP contribution in [0.2, 0.25) is 5.02 Å². The third kappa shape index (κ3) is 2.45. The molecule has 0 fully saturated rings. The Morgan fingerprint density at radius 2 is 2.11 bits per heavy atom. The summed E-state index contributed by atoms with van der Waals surface area (Å²) in [4.78, 5) is 18.0. The number of aromatic nitrogens is 2. The van der Waals surface area contributed by atoms with E-state index >= 15 is 0 Å². The third-order valence-corrected chi connectivity index (χ3v) is 2.74. The Bertz CT molecular complexity index is 678. The predicted molar refractivity (Wildman–Crippen MR) is 68.2 cm³/mol. The Morgan fingerprint density at radius 1 is 1.42 bits per heavy atom. The summed E-state index contributed by atoms with van der Waals surface area (Å²) in [5, 5.41) is 10.9. The number of rotatable bonds is 2. The quantitative estimate of drug-likeness (QED) is 0.675. The Kier molecular flexibility index (Phi) is 3.30. The molecule has 0 bridgehead atoms. The van der Waals surface area contributed by atoms with Crippen LogP contribution in [0.5, 0.6) is 0 Å². The zero-order valence-electron chi connectivity index (χ0n) is 9.72. The molecular weight excluding hydrogens is 275 g/mol. The van der Waals surface area contributed by atoms with E-state index in [1.807, 2.05) is 0 Å². The Balaban J connectivity index is 2.73. The van der Waals surface area contributed by atoms with Gasteiger partial charge in [-0.15, -0.1) is 0 Å². The fraction of sp³-hybridized carbons (Fsp3) is 0.0909. The van der Waals surface area contributed by atoms with E-state index in [0.29, 0.717) is 5.56 Å². The van der Waals surface area contributed by atoms with E-state index in [0.717, 1.165) is 6.07 Å². The molecule has 2 rings (SSSR count). The molecular formula is C11H8ClFN4O2. The number of nitrogens with zero attached hydrogens (tertiary/aromatic N) is 3. The highest BCUT2D eigenvalue weighted by atomic mass is 35.5. The van der Waals surface area contributed by atoms with Gasteiger partial charge < -0.3 is 5.73 Å². The van der Waals surface area contributed by atoms with Crippen LogP contribution in [-0.4, -0.2) is 14.9 Å². The highest BCUT2D eigenvalue weighted by Gasteiger charge is 2.23. The normalized spacial score (nSPS) is 10.5. The lowest BCUT2D eigenvalue weighted by Crippen LogP contribution is -2.04. The van der Waals surface area contributed by atoms with E-state index in [4.69, 9.17) is 17.3 Å². The van der Waals surface area contributed by atoms with Gasteiger partial charge in [-0.25, -0.2) is 14.4 Å². The first kappa shape index (κ1) is 13.2. The van der Waals surface area contributed by atoms with Gasteiger partial charge in [-0.3, -0.25) is 10.1 Å². The zero-order chi connectivity index (χ0) is 14.2. The molecule has 2 N–H and O–H groups in total. The average Bonchev–Trinajstić information content (AvgIpc) is 2.31. The minimum Gasteiger partial charge on any atom is -0.368 e. The fourth-order valence-corrected chi connectivity index (χ4v) is 1.83. The van der Waals surface area contributed by atoms with Gasteiger partial charge >= 0.3 is 5.69 Å². The molecule has 0 amide bonds. The van der Waals surface area contributed by atoms with E-state index in [9.17, 15) is 14.5 Å². The van der Waals surface area contributed by atoms with E-state index in [2.05, 4.69) is 9.97 Å². The topological polar surface area (TPSA) is 94.9 Å². The first-order valence-corrected chi connectivity index (χ1v) is 5.52. The van der Waals surface area contributed by atoms with Gasteiger partial charge in [0.25, 0.3) is 0 Å². The van der Waals surface area contributed by atoms with Gasteiger partial charge in [0.05, 0.1) is 9.95 Å². The fourth-order valence-electron chi connectivity index (χ4n) is 1.65. The first-order chi connectivity index (χ1) is 8.90. The van der Waals surface area contributed by atoms with Crippen LogP contribution in [0.1, 0.15) is 5.69 Å². The highest BCUT2D eigenvalue weighted by molar-refractivity contribution is 6.31. The summed E-state index contributed by atoms with van der Waals surface area (Å²) < 4.78 is 13.1. The molecule has 1 heterocycles. The molecule has 0 aliphatic rings. The van der Waals surface area contributed by atoms with E-state index in [-0.39, 0.29) is 28.0 Å². The predicted octanol–water partition coefficient (Wildman–Crippen LogP) is 2.73. The van der Waals surface area contributed by atoms with E-state index < -0.39 is 10.7 Å². The number of hydrogen-bond acceptors (Lipinski definition) is 5. The van der Waals surface area contributed by atoms with Crippen LogP contribution in [0.25, 0.3) is 11.3 Å². The van der Waals surface area contributed by atoms with Crippen molar-refractivity contribution in [3.63, 3.8) is 0 Å². The van der Waals surface area contributed by atoms with Crippen LogP contribution in [0.15, 0.2) is 18.2 Å². The number of nitrogen functional groups attached to an aromatic ring is 1. The molecule has 0 aliphatic carbocycles. The summed E-state index contributed by atoms with van der Waals surface area (Å²) in [7, 11) is 0. The summed E-state index contributed by atoms with van der Waals surface area (Å²) in [5.74, 6) is -0.717. The number of anilines is 1. The van der Waals surface area contributed by atoms with Gasteiger partial charge in [0.1, 0.15) is 11.5 Å². The van der Waals surface area contributed by atoms with Crippen LogP contribution in [0.3, 0.4) is 0 Å². The lowest BCUT2D eigenvalue weighted by atomic mass is 10.1. The Labute approximate surface area is 112 Å². The lowest BCUT2D eigenvalue weighted by molar-refractivity contribution is -0.385. The van der Waals surface area contributed by atoms with Gasteiger partial charge in [-0.1, -0.05) is 11.6 Å². The standard InChI is InChI=1S/C11H8ClFN4O2/c1-5-10(17(18)19)9(16-11(14)15-5)6-2-3-8(13)7(12)4-6/h2-4H,1H3,(H2,14,15,16). The van der Waals surface area contributed by atoms with Crippen molar-refractivity contribution in [2.75, 3.05) is 5.73 Å². The third-order valence-electron chi connectivity index (χ3n) is 2.45. The average molecular weight is 283 g/mol. The molecule has 0 atom stereocenters. The largest absolute Gasteiger partial charge is 0.368 e. The molecule has 98 valence electrons. The summed E-state index contributed by atoms with van der Waals surface area (Å²) in [6.07, 6.45) is 0. The van der Waals surface area contributed by atoms with Crippen molar-refractivity contribution in [2.24, 2.45) is 0 Å². The van der Waals surface area contributed by atoms with Crippen molar-refractivity contribution in [3.8, 4) is 11.3 Å². The molecule has 0 spiro atoms. The van der Waals surface area contributed by atoms with E-state index in [1.165, 1.54) is 19.1 Å². The zero-order valence-corrected chi connectivity index (χ0v) is 10.5. The minimum absolute atomic E-state index is 0.0110. The van der Waals surface area contributed by atoms with Crippen molar-refractivity contribution < 1.29 is 9.31 Å². The molecule has 0 unspecified atom stereocenters. The first-order valence-electron chi connectivity index (χ1n) is 5.14. The van der Waals surface area contributed by atoms with Gasteiger partial charge in [0, 0.05) is 5.56 Å². The summed E-state index contributed by atoms with van der Waals surface area (Å²) in [6.45, 7) is 1.45. The maximum absolute atomic E-state index is 13.1. The van der Waals surface area contributed by atoms with Crippen molar-refractivity contribution in [1.82, 2.24) is 9.97 Å². The van der Waals surface area contributed by atoms with Crippen LogP contribution < -0.4 is 5.73 Å². The Hall–Kier alpha value is -2.28. The lowest BCUT2D eigenvalue weighted by Gasteiger charge is -2.06. The van der Waals surface area contributed by atoms with Crippen molar-refractivity contribution in [1.29, 1.82) is 0 Å². The molecule has 8 heteroatoms. The molecule has 6 nitrogen and oxygen atoms in total. The minimum atomic E-state index is -0.619. The molecule has 1 aromatic heterocycles. The molecule has 0 saturated heterocycles. The maximum Gasteiger partial charge on any atom is 0.316 e. The van der Waals surface area contributed by atoms with E-state index in [1.54, 1.807) is 0 Å². The Morgan fingerprint density at radius 3 is 2.68 bits per heavy atom. The van der Waals surface area contributed by atoms with Gasteiger partial charge in [0.2, 0.25) is 5.95 Å². The number of nitrogens with two attached hydrogens (primary N) is 1. The van der Waals surface area contributed by atoms with Crippen LogP contribution in [-0.2, 0) is 0 Å². The number of halogens is 2. The smallest absolute Gasteiger partial charge is 0.316 e. The maximum atomic E-state index is 13.1. The molecule has 2 aromatic rings. The molecule has 0 aliphatic heterocycles. The van der Waals surface area contributed by atoms with Crippen LogP contribution >= 0.6 is 11.6 Å². The molecule has 0 radical (unpaired) electrons. The summed E-state index contributed by atoms with van der Waals surface area (Å²) >= 11 is 5.66. The number of nitro groups is 1. The van der Waals surface area contributed by atoms with Crippen LogP contribution in [0.4, 0.5) is 16.0 Å². The van der Waals surface area contributed by atoms with Crippen molar-refractivity contribution in [2.45, 2.75) is 6.92 Å². The second-order valence-corrected chi connectivity index (χ2v) is 4.16. The monoisotopic (exact) mass is 282 g/mol. The second kappa shape index (κ2) is 4.77. The summed E-state index contributed by atoms with van der Waals surface area (Å²) in [6, 6.07) is 3.70. The number of hydrogen-bond donors (Lipinski definition) is 1. The molecule has 0 saturated carbocycles. The van der Waals surface area contributed by atoms with Gasteiger partial charge in [-0.05, 0) is 25.1 Å². The summed E-state index contributed by atoms with van der Waals surface area (Å²) in [5.41, 5.74) is 5.65. The SMILES string of the molecule is Cc1nc(N)nc(-c2ccc(F)c(Cl)c2)c1[N+](=O)[O-].